The number of fused-ring (bicyclic) bond motifs is 1. The molecule has 4 rings (SSSR count). The first-order valence-electron chi connectivity index (χ1n) is 9.86. The van der Waals surface area contributed by atoms with Gasteiger partial charge in [0.2, 0.25) is 0 Å². The number of nitriles is 1. The van der Waals surface area contributed by atoms with Gasteiger partial charge in [-0.05, 0) is 43.9 Å². The molecule has 0 aliphatic heterocycles. The predicted octanol–water partition coefficient (Wildman–Crippen LogP) is 3.24. The number of hydrogen-bond acceptors (Lipinski definition) is 6. The standard InChI is InChI=1S/C22H23N7O/c1-15-4-6-16(7-5-15)19-18(12-17(13-23)29-10-2-8-27-29)28(9-3-11-30)22-20(19)21(24)25-14-26-22/h2,4,6,8,10,12,14,30H,3,5,7,9,11H2,1H3,(H2,24,25,26). The van der Waals surface area contributed by atoms with Gasteiger partial charge in [-0.15, -0.1) is 0 Å². The fourth-order valence-electron chi connectivity index (χ4n) is 3.78. The maximum atomic E-state index is 9.79. The zero-order chi connectivity index (χ0) is 21.1. The number of rotatable bonds is 6. The lowest BCUT2D eigenvalue weighted by molar-refractivity contribution is 0.280. The molecular formula is C22H23N7O. The van der Waals surface area contributed by atoms with Crippen LogP contribution in [0.15, 0.2) is 42.5 Å². The predicted molar refractivity (Wildman–Crippen MR) is 117 cm³/mol. The highest BCUT2D eigenvalue weighted by molar-refractivity contribution is 6.03. The molecule has 0 amide bonds. The fraction of sp³-hybridized carbons (Fsp3) is 0.273. The van der Waals surface area contributed by atoms with Crippen molar-refractivity contribution in [2.24, 2.45) is 0 Å². The first-order chi connectivity index (χ1) is 14.6. The van der Waals surface area contributed by atoms with Crippen molar-refractivity contribution in [1.82, 2.24) is 24.3 Å². The minimum Gasteiger partial charge on any atom is -0.396 e. The highest BCUT2D eigenvalue weighted by Gasteiger charge is 2.23. The van der Waals surface area contributed by atoms with Crippen molar-refractivity contribution in [3.05, 3.63) is 53.8 Å². The number of aliphatic hydroxyl groups excluding tert-OH is 1. The summed E-state index contributed by atoms with van der Waals surface area (Å²) in [5, 5.41) is 24.2. The zero-order valence-electron chi connectivity index (χ0n) is 16.8. The van der Waals surface area contributed by atoms with Gasteiger partial charge in [0.1, 0.15) is 29.6 Å². The molecule has 152 valence electrons. The van der Waals surface area contributed by atoms with E-state index >= 15 is 0 Å². The Hall–Kier alpha value is -3.70. The van der Waals surface area contributed by atoms with E-state index in [-0.39, 0.29) is 6.61 Å². The van der Waals surface area contributed by atoms with Gasteiger partial charge in [0, 0.05) is 31.1 Å². The number of nitrogen functional groups attached to an aromatic ring is 1. The molecule has 3 heterocycles. The van der Waals surface area contributed by atoms with Gasteiger partial charge in [-0.3, -0.25) is 0 Å². The van der Waals surface area contributed by atoms with Crippen LogP contribution in [0.5, 0.6) is 0 Å². The monoisotopic (exact) mass is 401 g/mol. The largest absolute Gasteiger partial charge is 0.396 e. The smallest absolute Gasteiger partial charge is 0.146 e. The van der Waals surface area contributed by atoms with Gasteiger partial charge in [0.05, 0.1) is 11.1 Å². The quantitative estimate of drug-likeness (QED) is 0.612. The Kier molecular flexibility index (Phi) is 5.46. The SMILES string of the molecule is CC1=CC=C(c2c(C=C(C#N)n3cccn3)n(CCCO)c3ncnc(N)c23)CC1. The highest BCUT2D eigenvalue weighted by atomic mass is 16.3. The maximum absolute atomic E-state index is 9.79. The van der Waals surface area contributed by atoms with Crippen LogP contribution in [-0.2, 0) is 6.54 Å². The Labute approximate surface area is 174 Å². The minimum absolute atomic E-state index is 0.0492. The lowest BCUT2D eigenvalue weighted by atomic mass is 9.92. The average molecular weight is 401 g/mol. The lowest BCUT2D eigenvalue weighted by Crippen LogP contribution is -2.05. The number of nitrogens with two attached hydrogens (primary N) is 1. The van der Waals surface area contributed by atoms with Crippen LogP contribution in [0, 0.1) is 11.3 Å². The summed E-state index contributed by atoms with van der Waals surface area (Å²) in [4.78, 5) is 8.71. The second-order valence-corrected chi connectivity index (χ2v) is 7.24. The summed E-state index contributed by atoms with van der Waals surface area (Å²) in [6, 6.07) is 4.00. The molecule has 8 heteroatoms. The van der Waals surface area contributed by atoms with E-state index in [4.69, 9.17) is 5.73 Å². The molecule has 0 fully saturated rings. The molecule has 0 bridgehead atoms. The van der Waals surface area contributed by atoms with Crippen molar-refractivity contribution in [1.29, 1.82) is 5.26 Å². The average Bonchev–Trinajstić information content (AvgIpc) is 3.38. The second-order valence-electron chi connectivity index (χ2n) is 7.24. The van der Waals surface area contributed by atoms with E-state index in [2.05, 4.69) is 40.2 Å². The number of nitrogens with zero attached hydrogens (tertiary/aromatic N) is 6. The van der Waals surface area contributed by atoms with E-state index in [0.29, 0.717) is 30.1 Å². The molecule has 0 radical (unpaired) electrons. The maximum Gasteiger partial charge on any atom is 0.146 e. The van der Waals surface area contributed by atoms with Gasteiger partial charge in [-0.1, -0.05) is 17.7 Å². The van der Waals surface area contributed by atoms with Crippen LogP contribution in [0.2, 0.25) is 0 Å². The van der Waals surface area contributed by atoms with E-state index < -0.39 is 0 Å². The van der Waals surface area contributed by atoms with Crippen molar-refractivity contribution < 1.29 is 5.11 Å². The molecule has 0 saturated heterocycles. The third-order valence-corrected chi connectivity index (χ3v) is 5.27. The Morgan fingerprint density at radius 1 is 1.33 bits per heavy atom. The van der Waals surface area contributed by atoms with Crippen LogP contribution in [0.4, 0.5) is 5.82 Å². The lowest BCUT2D eigenvalue weighted by Gasteiger charge is -2.14. The number of allylic oxidation sites excluding steroid dienone is 5. The summed E-state index contributed by atoms with van der Waals surface area (Å²) in [7, 11) is 0. The van der Waals surface area contributed by atoms with E-state index in [1.54, 1.807) is 18.5 Å². The summed E-state index contributed by atoms with van der Waals surface area (Å²) < 4.78 is 3.54. The number of aryl methyl sites for hydroxylation is 1. The second kappa shape index (κ2) is 8.35. The summed E-state index contributed by atoms with van der Waals surface area (Å²) in [6.07, 6.45) is 13.2. The first-order valence-corrected chi connectivity index (χ1v) is 9.86. The van der Waals surface area contributed by atoms with Crippen molar-refractivity contribution >= 4 is 34.2 Å². The Morgan fingerprint density at radius 2 is 2.20 bits per heavy atom. The van der Waals surface area contributed by atoms with Crippen LogP contribution < -0.4 is 5.73 Å². The Balaban J connectivity index is 2.04. The first kappa shape index (κ1) is 19.6. The Bertz CT molecular complexity index is 1210. The zero-order valence-corrected chi connectivity index (χ0v) is 16.8. The molecule has 1 aliphatic rings. The van der Waals surface area contributed by atoms with Crippen molar-refractivity contribution in [3.8, 4) is 6.07 Å². The van der Waals surface area contributed by atoms with Crippen LogP contribution in [-0.4, -0.2) is 36.0 Å². The molecule has 0 saturated carbocycles. The summed E-state index contributed by atoms with van der Waals surface area (Å²) in [5.41, 5.74) is 11.6. The molecule has 0 unspecified atom stereocenters. The topological polar surface area (TPSA) is 119 Å². The summed E-state index contributed by atoms with van der Waals surface area (Å²) in [5.74, 6) is 0.400. The summed E-state index contributed by atoms with van der Waals surface area (Å²) in [6.45, 7) is 2.70. The van der Waals surface area contributed by atoms with E-state index in [9.17, 15) is 10.4 Å². The van der Waals surface area contributed by atoms with Crippen LogP contribution in [0.25, 0.3) is 28.4 Å². The van der Waals surface area contributed by atoms with Crippen LogP contribution in [0.1, 0.15) is 37.4 Å². The van der Waals surface area contributed by atoms with E-state index in [1.165, 1.54) is 16.6 Å². The van der Waals surface area contributed by atoms with Crippen molar-refractivity contribution in [2.75, 3.05) is 12.3 Å². The molecule has 3 aromatic heterocycles. The molecule has 0 spiro atoms. The molecular weight excluding hydrogens is 378 g/mol. The van der Waals surface area contributed by atoms with Gasteiger partial charge in [-0.25, -0.2) is 14.6 Å². The number of anilines is 1. The van der Waals surface area contributed by atoms with E-state index in [0.717, 1.165) is 35.1 Å². The van der Waals surface area contributed by atoms with E-state index in [1.807, 2.05) is 10.6 Å². The molecule has 30 heavy (non-hydrogen) atoms. The number of aliphatic hydroxyl groups is 1. The van der Waals surface area contributed by atoms with Crippen molar-refractivity contribution in [2.45, 2.75) is 32.7 Å². The van der Waals surface area contributed by atoms with Gasteiger partial charge >= 0.3 is 0 Å². The van der Waals surface area contributed by atoms with Crippen LogP contribution in [0.3, 0.4) is 0 Å². The molecule has 0 aromatic carbocycles. The van der Waals surface area contributed by atoms with Gasteiger partial charge in [0.15, 0.2) is 0 Å². The van der Waals surface area contributed by atoms with Crippen molar-refractivity contribution in [3.63, 3.8) is 0 Å². The third kappa shape index (κ3) is 3.51. The molecule has 8 nitrogen and oxygen atoms in total. The van der Waals surface area contributed by atoms with Gasteiger partial charge in [-0.2, -0.15) is 10.4 Å². The van der Waals surface area contributed by atoms with Gasteiger partial charge < -0.3 is 15.4 Å². The fourth-order valence-corrected chi connectivity index (χ4v) is 3.78. The molecule has 1 aliphatic carbocycles. The molecule has 3 aromatic rings. The third-order valence-electron chi connectivity index (χ3n) is 5.27. The number of hydrogen-bond donors (Lipinski definition) is 2. The normalized spacial score (nSPS) is 14.5. The van der Waals surface area contributed by atoms with Crippen LogP contribution >= 0.6 is 0 Å². The Morgan fingerprint density at radius 3 is 2.87 bits per heavy atom. The molecule has 0 atom stereocenters. The summed E-state index contributed by atoms with van der Waals surface area (Å²) >= 11 is 0. The molecule has 3 N–H and O–H groups in total. The highest BCUT2D eigenvalue weighted by Crippen LogP contribution is 2.39. The minimum atomic E-state index is 0.0492. The number of aromatic nitrogens is 5. The van der Waals surface area contributed by atoms with Gasteiger partial charge in [0.25, 0.3) is 0 Å².